The van der Waals surface area contributed by atoms with Gasteiger partial charge in [-0.25, -0.2) is 4.79 Å². The quantitative estimate of drug-likeness (QED) is 0.828. The molecule has 3 rings (SSSR count). The van der Waals surface area contributed by atoms with Crippen LogP contribution in [0.3, 0.4) is 0 Å². The molecule has 0 atom stereocenters. The molecule has 1 aromatic heterocycles. The maximum Gasteiger partial charge on any atom is 0.436 e. The molecule has 1 amide bonds. The molecule has 0 aliphatic heterocycles. The van der Waals surface area contributed by atoms with E-state index in [4.69, 9.17) is 4.74 Å². The van der Waals surface area contributed by atoms with Crippen molar-refractivity contribution in [2.24, 2.45) is 4.99 Å². The van der Waals surface area contributed by atoms with E-state index in [-0.39, 0.29) is 0 Å². The average Bonchev–Trinajstić information content (AvgIpc) is 3.33. The van der Waals surface area contributed by atoms with Crippen LogP contribution in [0.25, 0.3) is 0 Å². The highest BCUT2D eigenvalue weighted by Gasteiger charge is 2.30. The summed E-state index contributed by atoms with van der Waals surface area (Å²) in [6.07, 6.45) is 2.94. The van der Waals surface area contributed by atoms with Crippen molar-refractivity contribution < 1.29 is 9.53 Å². The first kappa shape index (κ1) is 16.0. The summed E-state index contributed by atoms with van der Waals surface area (Å²) in [6.45, 7) is 5.07. The number of ether oxygens (including phenoxy) is 1. The molecule has 5 heteroatoms. The molecule has 122 valence electrons. The zero-order valence-corrected chi connectivity index (χ0v) is 14.4. The molecular weight excluding hydrogens is 308 g/mol. The number of aromatic nitrogens is 1. The van der Waals surface area contributed by atoms with Gasteiger partial charge in [-0.3, -0.25) is 0 Å². The third-order valence-electron chi connectivity index (χ3n) is 3.95. The van der Waals surface area contributed by atoms with E-state index in [1.807, 2.05) is 18.2 Å². The zero-order chi connectivity index (χ0) is 16.2. The highest BCUT2D eigenvalue weighted by atomic mass is 32.1. The number of thiazole rings is 1. The Kier molecular flexibility index (Phi) is 4.96. The molecule has 0 N–H and O–H groups in total. The summed E-state index contributed by atoms with van der Waals surface area (Å²) in [4.78, 5) is 18.1. The van der Waals surface area contributed by atoms with Crippen LogP contribution in [-0.2, 0) is 17.7 Å². The third-order valence-corrected chi connectivity index (χ3v) is 5.18. The van der Waals surface area contributed by atoms with Crippen LogP contribution in [0.5, 0.6) is 0 Å². The van der Waals surface area contributed by atoms with Gasteiger partial charge in [0.15, 0.2) is 4.80 Å². The normalized spacial score (nSPS) is 15.0. The van der Waals surface area contributed by atoms with Crippen molar-refractivity contribution in [3.8, 4) is 0 Å². The number of benzene rings is 1. The van der Waals surface area contributed by atoms with E-state index in [1.165, 1.54) is 29.0 Å². The number of aryl methyl sites for hydroxylation is 1. The van der Waals surface area contributed by atoms with Crippen molar-refractivity contribution in [2.75, 3.05) is 6.61 Å². The molecule has 4 nitrogen and oxygen atoms in total. The molecule has 0 bridgehead atoms. The lowest BCUT2D eigenvalue weighted by Crippen LogP contribution is -2.20. The Morgan fingerprint density at radius 2 is 2.04 bits per heavy atom. The van der Waals surface area contributed by atoms with Crippen molar-refractivity contribution in [3.63, 3.8) is 0 Å². The number of nitrogens with zero attached hydrogens (tertiary/aromatic N) is 2. The molecule has 1 saturated carbocycles. The molecular formula is C18H22N2O2S. The number of carbonyl (C=O) groups is 1. The minimum Gasteiger partial charge on any atom is -0.448 e. The SMILES string of the molecule is CCOC(=O)/N=c1\sc(CC)c(C2CC2)n1Cc1ccccc1. The third kappa shape index (κ3) is 3.72. The molecule has 1 fully saturated rings. The van der Waals surface area contributed by atoms with E-state index in [0.717, 1.165) is 17.8 Å². The average molecular weight is 330 g/mol. The molecule has 1 aromatic carbocycles. The van der Waals surface area contributed by atoms with E-state index in [0.29, 0.717) is 12.5 Å². The number of rotatable bonds is 5. The summed E-state index contributed by atoms with van der Waals surface area (Å²) in [5.74, 6) is 0.621. The largest absolute Gasteiger partial charge is 0.448 e. The number of hydrogen-bond acceptors (Lipinski definition) is 3. The van der Waals surface area contributed by atoms with Crippen LogP contribution in [0, 0.1) is 0 Å². The molecule has 1 aliphatic carbocycles. The fourth-order valence-electron chi connectivity index (χ4n) is 2.77. The van der Waals surface area contributed by atoms with Gasteiger partial charge in [0.2, 0.25) is 0 Å². The summed E-state index contributed by atoms with van der Waals surface area (Å²) >= 11 is 1.62. The van der Waals surface area contributed by atoms with Gasteiger partial charge in [-0.1, -0.05) is 37.3 Å². The second kappa shape index (κ2) is 7.13. The Bertz CT molecular complexity index is 742. The monoisotopic (exact) mass is 330 g/mol. The van der Waals surface area contributed by atoms with Crippen LogP contribution in [-0.4, -0.2) is 17.3 Å². The van der Waals surface area contributed by atoms with E-state index >= 15 is 0 Å². The van der Waals surface area contributed by atoms with Gasteiger partial charge in [0.25, 0.3) is 0 Å². The predicted molar refractivity (Wildman–Crippen MR) is 91.8 cm³/mol. The summed E-state index contributed by atoms with van der Waals surface area (Å²) in [5.41, 5.74) is 2.59. The minimum absolute atomic E-state index is 0.350. The summed E-state index contributed by atoms with van der Waals surface area (Å²) in [6, 6.07) is 10.3. The van der Waals surface area contributed by atoms with E-state index in [2.05, 4.69) is 28.6 Å². The van der Waals surface area contributed by atoms with Gasteiger partial charge in [-0.05, 0) is 31.7 Å². The van der Waals surface area contributed by atoms with Gasteiger partial charge in [0.1, 0.15) is 0 Å². The van der Waals surface area contributed by atoms with E-state index < -0.39 is 6.09 Å². The lowest BCUT2D eigenvalue weighted by Gasteiger charge is -2.10. The Morgan fingerprint density at radius 1 is 1.30 bits per heavy atom. The lowest BCUT2D eigenvalue weighted by molar-refractivity contribution is 0.162. The molecule has 0 radical (unpaired) electrons. The van der Waals surface area contributed by atoms with Crippen LogP contribution in [0.4, 0.5) is 4.79 Å². The zero-order valence-electron chi connectivity index (χ0n) is 13.6. The Balaban J connectivity index is 2.05. The summed E-state index contributed by atoms with van der Waals surface area (Å²) in [7, 11) is 0. The topological polar surface area (TPSA) is 43.6 Å². The Morgan fingerprint density at radius 3 is 2.65 bits per heavy atom. The van der Waals surface area contributed by atoms with Crippen molar-refractivity contribution in [1.29, 1.82) is 0 Å². The lowest BCUT2D eigenvalue weighted by atomic mass is 10.2. The maximum atomic E-state index is 11.8. The van der Waals surface area contributed by atoms with Gasteiger partial charge in [-0.15, -0.1) is 16.3 Å². The predicted octanol–water partition coefficient (Wildman–Crippen LogP) is 4.09. The highest BCUT2D eigenvalue weighted by molar-refractivity contribution is 7.09. The number of hydrogen-bond donors (Lipinski definition) is 0. The molecule has 0 saturated heterocycles. The number of carbonyl (C=O) groups excluding carboxylic acids is 1. The fourth-order valence-corrected chi connectivity index (χ4v) is 3.90. The molecule has 23 heavy (non-hydrogen) atoms. The van der Waals surface area contributed by atoms with E-state index in [9.17, 15) is 4.79 Å². The first-order chi connectivity index (χ1) is 11.2. The van der Waals surface area contributed by atoms with Crippen LogP contribution < -0.4 is 4.80 Å². The molecule has 0 spiro atoms. The number of amides is 1. The second-order valence-corrected chi connectivity index (χ2v) is 6.77. The van der Waals surface area contributed by atoms with Crippen molar-refractivity contribution in [3.05, 3.63) is 51.3 Å². The van der Waals surface area contributed by atoms with Crippen molar-refractivity contribution >= 4 is 17.4 Å². The van der Waals surface area contributed by atoms with Crippen LogP contribution in [0.15, 0.2) is 35.3 Å². The second-order valence-electron chi connectivity index (χ2n) is 5.70. The van der Waals surface area contributed by atoms with E-state index in [1.54, 1.807) is 18.3 Å². The van der Waals surface area contributed by atoms with Gasteiger partial charge in [0, 0.05) is 16.5 Å². The van der Waals surface area contributed by atoms with Crippen LogP contribution in [0.2, 0.25) is 0 Å². The fraction of sp³-hybridized carbons (Fsp3) is 0.444. The first-order valence-corrected chi connectivity index (χ1v) is 9.02. The summed E-state index contributed by atoms with van der Waals surface area (Å²) < 4.78 is 7.21. The molecule has 1 aliphatic rings. The standard InChI is InChI=1S/C18H22N2O2S/c1-3-15-16(14-10-11-14)20(12-13-8-6-5-7-9-13)17(23-15)19-18(21)22-4-2/h5-9,14H,3-4,10-12H2,1-2H3/b19-17-. The van der Waals surface area contributed by atoms with Crippen LogP contribution >= 0.6 is 11.3 Å². The van der Waals surface area contributed by atoms with Crippen molar-refractivity contribution in [1.82, 2.24) is 4.57 Å². The van der Waals surface area contributed by atoms with Gasteiger partial charge < -0.3 is 9.30 Å². The summed E-state index contributed by atoms with van der Waals surface area (Å²) in [5, 5.41) is 0. The smallest absolute Gasteiger partial charge is 0.436 e. The Hall–Kier alpha value is -1.88. The van der Waals surface area contributed by atoms with Gasteiger partial charge in [-0.2, -0.15) is 0 Å². The first-order valence-electron chi connectivity index (χ1n) is 8.20. The maximum absolute atomic E-state index is 11.8. The molecule has 2 aromatic rings. The minimum atomic E-state index is -0.499. The molecule has 1 heterocycles. The van der Waals surface area contributed by atoms with Crippen LogP contribution in [0.1, 0.15) is 48.7 Å². The van der Waals surface area contributed by atoms with Crippen molar-refractivity contribution in [2.45, 2.75) is 45.6 Å². The highest BCUT2D eigenvalue weighted by Crippen LogP contribution is 2.42. The molecule has 0 unspecified atom stereocenters. The van der Waals surface area contributed by atoms with Gasteiger partial charge >= 0.3 is 6.09 Å². The van der Waals surface area contributed by atoms with Gasteiger partial charge in [0.05, 0.1) is 13.2 Å². The Labute approximate surface area is 140 Å².